The standard InChI is InChI=1S/C16H22O2/c1-3-11-9-15(17-12-5-6-12)14(4-2)16(10-11)18-13-7-8-13/h9-10,12-13H,3-8H2,1-2H3. The number of benzene rings is 1. The van der Waals surface area contributed by atoms with E-state index in [2.05, 4.69) is 26.0 Å². The smallest absolute Gasteiger partial charge is 0.126 e. The summed E-state index contributed by atoms with van der Waals surface area (Å²) in [6.45, 7) is 4.36. The number of hydrogen-bond donors (Lipinski definition) is 0. The van der Waals surface area contributed by atoms with E-state index >= 15 is 0 Å². The second-order valence-corrected chi connectivity index (χ2v) is 5.41. The van der Waals surface area contributed by atoms with Gasteiger partial charge in [0.2, 0.25) is 0 Å². The van der Waals surface area contributed by atoms with Gasteiger partial charge in [-0.1, -0.05) is 13.8 Å². The molecular weight excluding hydrogens is 224 g/mol. The van der Waals surface area contributed by atoms with Gasteiger partial charge < -0.3 is 9.47 Å². The fourth-order valence-corrected chi connectivity index (χ4v) is 2.17. The van der Waals surface area contributed by atoms with Crippen molar-refractivity contribution in [2.24, 2.45) is 0 Å². The lowest BCUT2D eigenvalue weighted by Crippen LogP contribution is -2.05. The summed E-state index contributed by atoms with van der Waals surface area (Å²) in [5.41, 5.74) is 2.57. The SMILES string of the molecule is CCc1cc(OC2CC2)c(CC)c(OC2CC2)c1. The van der Waals surface area contributed by atoms with E-state index in [1.54, 1.807) is 0 Å². The molecule has 0 heterocycles. The van der Waals surface area contributed by atoms with Crippen molar-refractivity contribution < 1.29 is 9.47 Å². The molecule has 1 aromatic carbocycles. The van der Waals surface area contributed by atoms with Crippen molar-refractivity contribution in [1.82, 2.24) is 0 Å². The molecule has 0 bridgehead atoms. The first-order chi connectivity index (χ1) is 8.80. The van der Waals surface area contributed by atoms with Crippen LogP contribution < -0.4 is 9.47 Å². The highest BCUT2D eigenvalue weighted by Gasteiger charge is 2.28. The minimum atomic E-state index is 0.455. The first-order valence-corrected chi connectivity index (χ1v) is 7.29. The Kier molecular flexibility index (Phi) is 3.19. The van der Waals surface area contributed by atoms with Crippen molar-refractivity contribution in [2.45, 2.75) is 64.6 Å². The summed E-state index contributed by atoms with van der Waals surface area (Å²) in [6, 6.07) is 4.41. The summed E-state index contributed by atoms with van der Waals surface area (Å²) in [5.74, 6) is 2.13. The summed E-state index contributed by atoms with van der Waals surface area (Å²) in [6.07, 6.45) is 7.75. The molecule has 0 radical (unpaired) electrons. The van der Waals surface area contributed by atoms with Gasteiger partial charge in [-0.25, -0.2) is 0 Å². The van der Waals surface area contributed by atoms with Crippen LogP contribution in [0.15, 0.2) is 12.1 Å². The van der Waals surface area contributed by atoms with Crippen molar-refractivity contribution >= 4 is 0 Å². The van der Waals surface area contributed by atoms with Gasteiger partial charge in [0.05, 0.1) is 12.2 Å². The normalized spacial score (nSPS) is 18.8. The molecule has 18 heavy (non-hydrogen) atoms. The number of rotatable bonds is 6. The lowest BCUT2D eigenvalue weighted by Gasteiger charge is -2.17. The van der Waals surface area contributed by atoms with Gasteiger partial charge >= 0.3 is 0 Å². The van der Waals surface area contributed by atoms with Crippen LogP contribution in [0.1, 0.15) is 50.7 Å². The van der Waals surface area contributed by atoms with Gasteiger partial charge in [-0.15, -0.1) is 0 Å². The largest absolute Gasteiger partial charge is 0.490 e. The van der Waals surface area contributed by atoms with E-state index in [1.165, 1.54) is 36.8 Å². The molecule has 3 rings (SSSR count). The van der Waals surface area contributed by atoms with Gasteiger partial charge in [-0.2, -0.15) is 0 Å². The first kappa shape index (κ1) is 11.9. The maximum absolute atomic E-state index is 6.05. The van der Waals surface area contributed by atoms with Crippen molar-refractivity contribution in [1.29, 1.82) is 0 Å². The maximum atomic E-state index is 6.05. The summed E-state index contributed by atoms with van der Waals surface area (Å²) < 4.78 is 12.1. The van der Waals surface area contributed by atoms with Crippen molar-refractivity contribution in [3.8, 4) is 11.5 Å². The quantitative estimate of drug-likeness (QED) is 0.758. The molecule has 0 N–H and O–H groups in total. The molecule has 2 aliphatic carbocycles. The number of aryl methyl sites for hydroxylation is 1. The highest BCUT2D eigenvalue weighted by atomic mass is 16.5. The van der Waals surface area contributed by atoms with Gasteiger partial charge in [0.15, 0.2) is 0 Å². The molecule has 0 aliphatic heterocycles. The molecule has 0 saturated heterocycles. The monoisotopic (exact) mass is 246 g/mol. The van der Waals surface area contributed by atoms with Gasteiger partial charge in [0.25, 0.3) is 0 Å². The van der Waals surface area contributed by atoms with E-state index in [0.29, 0.717) is 12.2 Å². The minimum Gasteiger partial charge on any atom is -0.490 e. The second kappa shape index (κ2) is 4.83. The highest BCUT2D eigenvalue weighted by molar-refractivity contribution is 5.48. The zero-order chi connectivity index (χ0) is 12.5. The number of hydrogen-bond acceptors (Lipinski definition) is 2. The Balaban J connectivity index is 1.91. The molecule has 2 nitrogen and oxygen atoms in total. The van der Waals surface area contributed by atoms with E-state index in [1.807, 2.05) is 0 Å². The third kappa shape index (κ3) is 2.63. The van der Waals surface area contributed by atoms with Crippen LogP contribution in [-0.2, 0) is 12.8 Å². The molecule has 2 saturated carbocycles. The van der Waals surface area contributed by atoms with Gasteiger partial charge in [0, 0.05) is 5.56 Å². The fraction of sp³-hybridized carbons (Fsp3) is 0.625. The van der Waals surface area contributed by atoms with Crippen LogP contribution in [0.5, 0.6) is 11.5 Å². The first-order valence-electron chi connectivity index (χ1n) is 7.29. The van der Waals surface area contributed by atoms with Crippen molar-refractivity contribution in [3.63, 3.8) is 0 Å². The Morgan fingerprint density at radius 3 is 1.72 bits per heavy atom. The third-order valence-electron chi connectivity index (χ3n) is 3.63. The summed E-state index contributed by atoms with van der Waals surface area (Å²) >= 11 is 0. The van der Waals surface area contributed by atoms with Crippen LogP contribution in [0.4, 0.5) is 0 Å². The van der Waals surface area contributed by atoms with Gasteiger partial charge in [-0.3, -0.25) is 0 Å². The Labute approximate surface area is 109 Å². The van der Waals surface area contributed by atoms with E-state index < -0.39 is 0 Å². The average molecular weight is 246 g/mol. The molecule has 2 heteroatoms. The minimum absolute atomic E-state index is 0.455. The predicted molar refractivity (Wildman–Crippen MR) is 72.5 cm³/mol. The summed E-state index contributed by atoms with van der Waals surface area (Å²) in [4.78, 5) is 0. The van der Waals surface area contributed by atoms with Gasteiger partial charge in [0.1, 0.15) is 11.5 Å². The predicted octanol–water partition coefficient (Wildman–Crippen LogP) is 3.89. The molecule has 0 aromatic heterocycles. The van der Waals surface area contributed by atoms with E-state index in [-0.39, 0.29) is 0 Å². The molecular formula is C16H22O2. The fourth-order valence-electron chi connectivity index (χ4n) is 2.17. The molecule has 0 spiro atoms. The topological polar surface area (TPSA) is 18.5 Å². The molecule has 2 fully saturated rings. The van der Waals surface area contributed by atoms with Crippen molar-refractivity contribution in [3.05, 3.63) is 23.3 Å². The molecule has 98 valence electrons. The van der Waals surface area contributed by atoms with Gasteiger partial charge in [-0.05, 0) is 56.2 Å². The Bertz CT molecular complexity index is 396. The zero-order valence-electron chi connectivity index (χ0n) is 11.4. The Morgan fingerprint density at radius 2 is 1.39 bits per heavy atom. The van der Waals surface area contributed by atoms with E-state index in [9.17, 15) is 0 Å². The molecule has 2 aliphatic rings. The van der Waals surface area contributed by atoms with Crippen LogP contribution in [0.2, 0.25) is 0 Å². The Morgan fingerprint density at radius 1 is 0.889 bits per heavy atom. The van der Waals surface area contributed by atoms with Crippen molar-refractivity contribution in [2.75, 3.05) is 0 Å². The Hall–Kier alpha value is -1.18. The summed E-state index contributed by atoms with van der Waals surface area (Å²) in [7, 11) is 0. The van der Waals surface area contributed by atoms with Crippen LogP contribution in [-0.4, -0.2) is 12.2 Å². The average Bonchev–Trinajstić information content (AvgIpc) is 3.24. The molecule has 0 unspecified atom stereocenters. The molecule has 1 aromatic rings. The van der Waals surface area contributed by atoms with E-state index in [0.717, 1.165) is 24.3 Å². The van der Waals surface area contributed by atoms with Crippen LogP contribution in [0, 0.1) is 0 Å². The third-order valence-corrected chi connectivity index (χ3v) is 3.63. The lowest BCUT2D eigenvalue weighted by atomic mass is 10.0. The highest BCUT2D eigenvalue weighted by Crippen LogP contribution is 2.38. The second-order valence-electron chi connectivity index (χ2n) is 5.41. The van der Waals surface area contributed by atoms with E-state index in [4.69, 9.17) is 9.47 Å². The zero-order valence-corrected chi connectivity index (χ0v) is 11.4. The summed E-state index contributed by atoms with van der Waals surface area (Å²) in [5, 5.41) is 0. The molecule has 0 atom stereocenters. The lowest BCUT2D eigenvalue weighted by molar-refractivity contribution is 0.281. The van der Waals surface area contributed by atoms with Crippen LogP contribution in [0.3, 0.4) is 0 Å². The van der Waals surface area contributed by atoms with Crippen LogP contribution in [0.25, 0.3) is 0 Å². The number of ether oxygens (including phenoxy) is 2. The molecule has 0 amide bonds. The maximum Gasteiger partial charge on any atom is 0.126 e. The van der Waals surface area contributed by atoms with Crippen LogP contribution >= 0.6 is 0 Å².